The number of pyridine rings is 2. The summed E-state index contributed by atoms with van der Waals surface area (Å²) in [7, 11) is 0. The van der Waals surface area contributed by atoms with E-state index in [1.54, 1.807) is 36.4 Å². The quantitative estimate of drug-likeness (QED) is 0.323. The van der Waals surface area contributed by atoms with E-state index in [9.17, 15) is 14.4 Å². The number of nitrogens with zero attached hydrogens (tertiary/aromatic N) is 2. The van der Waals surface area contributed by atoms with Gasteiger partial charge in [0.05, 0.1) is 16.3 Å². The van der Waals surface area contributed by atoms with Gasteiger partial charge >= 0.3 is 5.97 Å². The van der Waals surface area contributed by atoms with E-state index in [2.05, 4.69) is 20.6 Å². The number of esters is 1. The van der Waals surface area contributed by atoms with Crippen LogP contribution in [0.15, 0.2) is 59.8 Å². The van der Waals surface area contributed by atoms with Gasteiger partial charge in [-0.1, -0.05) is 11.6 Å². The molecule has 0 saturated heterocycles. The van der Waals surface area contributed by atoms with Crippen LogP contribution < -0.4 is 15.4 Å². The third kappa shape index (κ3) is 5.80. The number of ether oxygens (including phenoxy) is 1. The second-order valence-electron chi connectivity index (χ2n) is 6.13. The van der Waals surface area contributed by atoms with E-state index in [0.29, 0.717) is 5.02 Å². The van der Waals surface area contributed by atoms with Crippen molar-refractivity contribution in [2.75, 3.05) is 16.9 Å². The summed E-state index contributed by atoms with van der Waals surface area (Å²) in [5.74, 6) is -1.28. The van der Waals surface area contributed by atoms with Crippen molar-refractivity contribution < 1.29 is 19.1 Å². The summed E-state index contributed by atoms with van der Waals surface area (Å²) in [4.78, 5) is 45.9. The average molecular weight is 457 g/mol. The molecule has 0 aliphatic carbocycles. The lowest BCUT2D eigenvalue weighted by Gasteiger charge is -2.13. The van der Waals surface area contributed by atoms with Crippen molar-refractivity contribution in [3.8, 4) is 5.75 Å². The number of hydrogen-bond donors (Lipinski definition) is 2. The molecule has 10 heteroatoms. The van der Waals surface area contributed by atoms with Gasteiger partial charge in [0.1, 0.15) is 11.6 Å². The van der Waals surface area contributed by atoms with Gasteiger partial charge in [0.15, 0.2) is 5.69 Å². The Morgan fingerprint density at radius 2 is 1.84 bits per heavy atom. The molecule has 2 aromatic heterocycles. The predicted octanol–water partition coefficient (Wildman–Crippen LogP) is 4.28. The number of thioether (sulfide) groups is 1. The molecular formula is C21H17ClN4O4S. The minimum absolute atomic E-state index is 0.0117. The number of anilines is 2. The lowest BCUT2D eigenvalue weighted by Crippen LogP contribution is -2.20. The summed E-state index contributed by atoms with van der Waals surface area (Å²) in [6.07, 6.45) is 4.69. The smallest absolute Gasteiger partial charge is 0.308 e. The summed E-state index contributed by atoms with van der Waals surface area (Å²) in [5, 5.41) is 5.68. The number of carbonyl (C=O) groups excluding carboxylic acids is 3. The highest BCUT2D eigenvalue weighted by molar-refractivity contribution is 7.98. The SMILES string of the molecule is CSc1ccc(C(=O)Nc2cccnc2C(=O)Nc2ccc(Cl)cn2)c(OC(C)=O)c1. The van der Waals surface area contributed by atoms with Gasteiger partial charge < -0.3 is 15.4 Å². The Balaban J connectivity index is 1.85. The molecule has 0 radical (unpaired) electrons. The molecule has 0 atom stereocenters. The molecule has 2 heterocycles. The maximum absolute atomic E-state index is 12.9. The van der Waals surface area contributed by atoms with Crippen LogP contribution in [0.25, 0.3) is 0 Å². The molecule has 3 aromatic rings. The molecule has 0 bridgehead atoms. The van der Waals surface area contributed by atoms with Gasteiger partial charge in [-0.2, -0.15) is 0 Å². The Morgan fingerprint density at radius 1 is 1.03 bits per heavy atom. The molecule has 0 unspecified atom stereocenters. The van der Waals surface area contributed by atoms with Gasteiger partial charge in [0.2, 0.25) is 0 Å². The maximum atomic E-state index is 12.9. The van der Waals surface area contributed by atoms with Crippen molar-refractivity contribution in [1.82, 2.24) is 9.97 Å². The second-order valence-corrected chi connectivity index (χ2v) is 7.44. The molecule has 8 nitrogen and oxygen atoms in total. The zero-order chi connectivity index (χ0) is 22.4. The van der Waals surface area contributed by atoms with Crippen LogP contribution in [0.5, 0.6) is 5.75 Å². The average Bonchev–Trinajstić information content (AvgIpc) is 2.75. The zero-order valence-corrected chi connectivity index (χ0v) is 18.1. The van der Waals surface area contributed by atoms with Crippen molar-refractivity contribution >= 4 is 52.7 Å². The van der Waals surface area contributed by atoms with Crippen LogP contribution in [-0.4, -0.2) is 34.0 Å². The number of hydrogen-bond acceptors (Lipinski definition) is 7. The Hall–Kier alpha value is -3.43. The molecule has 2 N–H and O–H groups in total. The number of nitrogens with one attached hydrogen (secondary N) is 2. The van der Waals surface area contributed by atoms with Crippen LogP contribution >= 0.6 is 23.4 Å². The van der Waals surface area contributed by atoms with Crippen LogP contribution in [0, 0.1) is 0 Å². The van der Waals surface area contributed by atoms with Crippen LogP contribution in [0.4, 0.5) is 11.5 Å². The summed E-state index contributed by atoms with van der Waals surface area (Å²) < 4.78 is 5.19. The number of amides is 2. The van der Waals surface area contributed by atoms with Gasteiger partial charge in [-0.25, -0.2) is 9.97 Å². The first-order chi connectivity index (χ1) is 14.9. The van der Waals surface area contributed by atoms with Crippen LogP contribution in [-0.2, 0) is 4.79 Å². The van der Waals surface area contributed by atoms with E-state index >= 15 is 0 Å². The Morgan fingerprint density at radius 3 is 2.52 bits per heavy atom. The van der Waals surface area contributed by atoms with Crippen LogP contribution in [0.1, 0.15) is 27.8 Å². The Kier molecular flexibility index (Phi) is 7.22. The minimum Gasteiger partial charge on any atom is -0.426 e. The van der Waals surface area contributed by atoms with Crippen molar-refractivity contribution in [2.45, 2.75) is 11.8 Å². The fraction of sp³-hybridized carbons (Fsp3) is 0.0952. The normalized spacial score (nSPS) is 10.3. The number of carbonyl (C=O) groups is 3. The van der Waals surface area contributed by atoms with Crippen molar-refractivity contribution in [1.29, 1.82) is 0 Å². The van der Waals surface area contributed by atoms with Crippen LogP contribution in [0.2, 0.25) is 5.02 Å². The summed E-state index contributed by atoms with van der Waals surface area (Å²) in [5.41, 5.74) is 0.312. The maximum Gasteiger partial charge on any atom is 0.308 e. The van der Waals surface area contributed by atoms with E-state index in [1.807, 2.05) is 6.26 Å². The Labute approximate surface area is 187 Å². The largest absolute Gasteiger partial charge is 0.426 e. The van der Waals surface area contributed by atoms with E-state index in [4.69, 9.17) is 16.3 Å². The molecule has 0 saturated carbocycles. The van der Waals surface area contributed by atoms with E-state index in [0.717, 1.165) is 4.90 Å². The molecule has 0 spiro atoms. The number of aromatic nitrogens is 2. The van der Waals surface area contributed by atoms with Crippen molar-refractivity contribution in [3.05, 3.63) is 71.1 Å². The number of benzene rings is 1. The van der Waals surface area contributed by atoms with Crippen molar-refractivity contribution in [3.63, 3.8) is 0 Å². The van der Waals surface area contributed by atoms with E-state index in [-0.39, 0.29) is 28.5 Å². The molecule has 1 aromatic carbocycles. The molecule has 0 aliphatic heterocycles. The monoisotopic (exact) mass is 456 g/mol. The van der Waals surface area contributed by atoms with Crippen molar-refractivity contribution in [2.24, 2.45) is 0 Å². The van der Waals surface area contributed by atoms with Crippen LogP contribution in [0.3, 0.4) is 0 Å². The third-order valence-electron chi connectivity index (χ3n) is 3.93. The molecule has 3 rings (SSSR count). The molecule has 158 valence electrons. The fourth-order valence-corrected chi connectivity index (χ4v) is 3.10. The highest BCUT2D eigenvalue weighted by Crippen LogP contribution is 2.27. The first kappa shape index (κ1) is 22.3. The first-order valence-electron chi connectivity index (χ1n) is 8.93. The van der Waals surface area contributed by atoms with Gasteiger partial charge in [0.25, 0.3) is 11.8 Å². The zero-order valence-electron chi connectivity index (χ0n) is 16.5. The predicted molar refractivity (Wildman–Crippen MR) is 119 cm³/mol. The molecule has 2 amide bonds. The van der Waals surface area contributed by atoms with E-state index in [1.165, 1.54) is 37.1 Å². The molecule has 0 aliphatic rings. The first-order valence-corrected chi connectivity index (χ1v) is 10.5. The lowest BCUT2D eigenvalue weighted by atomic mass is 10.1. The molecule has 31 heavy (non-hydrogen) atoms. The molecule has 0 fully saturated rings. The fourth-order valence-electron chi connectivity index (χ4n) is 2.56. The number of rotatable bonds is 6. The summed E-state index contributed by atoms with van der Waals surface area (Å²) in [6, 6.07) is 11.1. The highest BCUT2D eigenvalue weighted by Gasteiger charge is 2.19. The topological polar surface area (TPSA) is 110 Å². The summed E-state index contributed by atoms with van der Waals surface area (Å²) in [6.45, 7) is 1.25. The number of halogens is 1. The van der Waals surface area contributed by atoms with Gasteiger partial charge in [-0.05, 0) is 48.7 Å². The standard InChI is InChI=1S/C21H17ClN4O4S/c1-12(27)30-17-10-14(31-2)6-7-15(17)20(28)25-16-4-3-9-23-19(16)21(29)26-18-8-5-13(22)11-24-18/h3-11H,1-2H3,(H,25,28)(H,24,26,29). The lowest BCUT2D eigenvalue weighted by molar-refractivity contribution is -0.131. The summed E-state index contributed by atoms with van der Waals surface area (Å²) >= 11 is 7.24. The van der Waals surface area contributed by atoms with Gasteiger partial charge in [-0.3, -0.25) is 14.4 Å². The minimum atomic E-state index is -0.566. The Bertz CT molecular complexity index is 1140. The van der Waals surface area contributed by atoms with E-state index < -0.39 is 17.8 Å². The van der Waals surface area contributed by atoms with Gasteiger partial charge in [-0.15, -0.1) is 11.8 Å². The third-order valence-corrected chi connectivity index (χ3v) is 4.88. The highest BCUT2D eigenvalue weighted by atomic mass is 35.5. The second kappa shape index (κ2) is 10.1. The molecular weight excluding hydrogens is 440 g/mol. The van der Waals surface area contributed by atoms with Gasteiger partial charge in [0, 0.05) is 24.2 Å².